The molecule has 3 atom stereocenters. The van der Waals surface area contributed by atoms with Crippen LogP contribution in [0.15, 0.2) is 36.9 Å². The van der Waals surface area contributed by atoms with Crippen molar-refractivity contribution < 1.29 is 9.59 Å². The van der Waals surface area contributed by atoms with E-state index in [4.69, 9.17) is 5.73 Å². The minimum atomic E-state index is -0.465. The average Bonchev–Trinajstić information content (AvgIpc) is 3.34. The van der Waals surface area contributed by atoms with E-state index in [1.54, 1.807) is 31.2 Å². The number of benzene rings is 1. The molecule has 1 fully saturated rings. The van der Waals surface area contributed by atoms with Gasteiger partial charge in [-0.15, -0.1) is 24.8 Å². The number of hydrogen-bond acceptors (Lipinski definition) is 5. The fourth-order valence-corrected chi connectivity index (χ4v) is 3.32. The van der Waals surface area contributed by atoms with Crippen LogP contribution in [0.1, 0.15) is 32.2 Å². The van der Waals surface area contributed by atoms with Crippen molar-refractivity contribution in [3.63, 3.8) is 0 Å². The number of carbonyl (C=O) groups is 2. The van der Waals surface area contributed by atoms with Crippen molar-refractivity contribution in [2.45, 2.75) is 32.2 Å². The van der Waals surface area contributed by atoms with Crippen molar-refractivity contribution in [3.05, 3.63) is 36.9 Å². The lowest BCUT2D eigenvalue weighted by Gasteiger charge is -2.17. The summed E-state index contributed by atoms with van der Waals surface area (Å²) in [6.45, 7) is 2.29. The molecule has 1 unspecified atom stereocenters. The van der Waals surface area contributed by atoms with Crippen molar-refractivity contribution in [1.29, 1.82) is 0 Å². The summed E-state index contributed by atoms with van der Waals surface area (Å²) in [4.78, 5) is 28.5. The highest BCUT2D eigenvalue weighted by atomic mass is 35.5. The van der Waals surface area contributed by atoms with Gasteiger partial charge in [-0.3, -0.25) is 9.59 Å². The van der Waals surface area contributed by atoms with Gasteiger partial charge >= 0.3 is 0 Å². The van der Waals surface area contributed by atoms with E-state index < -0.39 is 6.04 Å². The largest absolute Gasteiger partial charge is 0.330 e. The minimum absolute atomic E-state index is 0. The number of nitrogens with one attached hydrogen (secondary N) is 2. The first-order valence-electron chi connectivity index (χ1n) is 8.84. The van der Waals surface area contributed by atoms with Crippen LogP contribution in [-0.2, 0) is 9.59 Å². The van der Waals surface area contributed by atoms with E-state index in [0.29, 0.717) is 17.9 Å². The molecule has 1 aromatic heterocycles. The molecular weight excluding hydrogens is 403 g/mol. The van der Waals surface area contributed by atoms with Crippen LogP contribution in [0.2, 0.25) is 0 Å². The number of anilines is 2. The molecule has 4 N–H and O–H groups in total. The van der Waals surface area contributed by atoms with E-state index >= 15 is 0 Å². The van der Waals surface area contributed by atoms with Gasteiger partial charge < -0.3 is 16.4 Å². The van der Waals surface area contributed by atoms with Gasteiger partial charge in [0.15, 0.2) is 0 Å². The molecular formula is C18H26Cl2N6O2. The molecule has 10 heteroatoms. The van der Waals surface area contributed by atoms with Gasteiger partial charge in [0.05, 0.1) is 0 Å². The number of amides is 2. The van der Waals surface area contributed by atoms with Gasteiger partial charge in [-0.1, -0.05) is 6.42 Å². The Balaban J connectivity index is 0.00000196. The van der Waals surface area contributed by atoms with Crippen LogP contribution in [0.4, 0.5) is 11.4 Å². The van der Waals surface area contributed by atoms with Crippen molar-refractivity contribution in [3.8, 4) is 0 Å². The fourth-order valence-electron chi connectivity index (χ4n) is 3.32. The molecule has 2 aromatic rings. The summed E-state index contributed by atoms with van der Waals surface area (Å²) in [6, 6.07) is 6.61. The van der Waals surface area contributed by atoms with E-state index in [1.807, 2.05) is 0 Å². The SMILES string of the molecule is CC(C(=O)Nc1ccc(NC(=O)[C@@H]2CCC[C@@H]2CN)cc1)n1cncn1.Cl.Cl. The zero-order valence-corrected chi connectivity index (χ0v) is 17.2. The van der Waals surface area contributed by atoms with Gasteiger partial charge in [0.25, 0.3) is 0 Å². The fraction of sp³-hybridized carbons (Fsp3) is 0.444. The molecule has 154 valence electrons. The molecule has 1 aromatic carbocycles. The highest BCUT2D eigenvalue weighted by molar-refractivity contribution is 5.95. The highest BCUT2D eigenvalue weighted by Crippen LogP contribution is 2.32. The van der Waals surface area contributed by atoms with E-state index in [1.165, 1.54) is 17.3 Å². The van der Waals surface area contributed by atoms with Crippen LogP contribution in [0, 0.1) is 11.8 Å². The first kappa shape index (κ1) is 23.9. The Bertz CT molecular complexity index is 754. The number of nitrogens with two attached hydrogens (primary N) is 1. The summed E-state index contributed by atoms with van der Waals surface area (Å²) in [5.74, 6) is 0.0910. The second kappa shape index (κ2) is 11.0. The molecule has 0 aliphatic heterocycles. The lowest BCUT2D eigenvalue weighted by atomic mass is 9.95. The standard InChI is InChI=1S/C18H24N6O2.2ClH/c1-12(24-11-20-10-21-24)17(25)22-14-5-7-15(8-6-14)23-18(26)16-4-2-3-13(16)9-19;;/h5-8,10-13,16H,2-4,9,19H2,1H3,(H,22,25)(H,23,26);2*1H/t12?,13-,16-;;/m1../s1. The molecule has 1 saturated carbocycles. The zero-order valence-electron chi connectivity index (χ0n) is 15.6. The molecule has 28 heavy (non-hydrogen) atoms. The number of carbonyl (C=O) groups excluding carboxylic acids is 2. The molecule has 1 aliphatic rings. The van der Waals surface area contributed by atoms with Crippen molar-refractivity contribution in [2.75, 3.05) is 17.2 Å². The summed E-state index contributed by atoms with van der Waals surface area (Å²) in [5.41, 5.74) is 7.11. The third-order valence-electron chi connectivity index (χ3n) is 4.93. The van der Waals surface area contributed by atoms with Gasteiger partial charge in [-0.2, -0.15) is 5.10 Å². The zero-order chi connectivity index (χ0) is 18.5. The predicted molar refractivity (Wildman–Crippen MR) is 113 cm³/mol. The molecule has 3 rings (SSSR count). The van der Waals surface area contributed by atoms with E-state index in [9.17, 15) is 9.59 Å². The van der Waals surface area contributed by atoms with Crippen LogP contribution in [0.5, 0.6) is 0 Å². The Morgan fingerprint density at radius 2 is 1.82 bits per heavy atom. The third-order valence-corrected chi connectivity index (χ3v) is 4.93. The van der Waals surface area contributed by atoms with Crippen LogP contribution in [0.25, 0.3) is 0 Å². The Hall–Kier alpha value is -2.16. The maximum Gasteiger partial charge on any atom is 0.249 e. The highest BCUT2D eigenvalue weighted by Gasteiger charge is 2.31. The van der Waals surface area contributed by atoms with Crippen LogP contribution in [-0.4, -0.2) is 33.1 Å². The van der Waals surface area contributed by atoms with Gasteiger partial charge in [0.2, 0.25) is 11.8 Å². The third kappa shape index (κ3) is 5.67. The Kier molecular flexibility index (Phi) is 9.37. The topological polar surface area (TPSA) is 115 Å². The Morgan fingerprint density at radius 1 is 1.18 bits per heavy atom. The van der Waals surface area contributed by atoms with Crippen LogP contribution in [0.3, 0.4) is 0 Å². The van der Waals surface area contributed by atoms with E-state index in [0.717, 1.165) is 19.3 Å². The maximum absolute atomic E-state index is 12.4. The summed E-state index contributed by atoms with van der Waals surface area (Å²) in [5, 5.41) is 9.73. The van der Waals surface area contributed by atoms with Crippen LogP contribution >= 0.6 is 24.8 Å². The minimum Gasteiger partial charge on any atom is -0.330 e. The molecule has 0 radical (unpaired) electrons. The molecule has 1 heterocycles. The van der Waals surface area contributed by atoms with Crippen molar-refractivity contribution in [1.82, 2.24) is 14.8 Å². The van der Waals surface area contributed by atoms with Gasteiger partial charge in [-0.05, 0) is 56.5 Å². The van der Waals surface area contributed by atoms with Gasteiger partial charge in [0, 0.05) is 17.3 Å². The number of hydrogen-bond donors (Lipinski definition) is 3. The quantitative estimate of drug-likeness (QED) is 0.653. The molecule has 0 saturated heterocycles. The first-order valence-corrected chi connectivity index (χ1v) is 8.84. The Morgan fingerprint density at radius 3 is 2.39 bits per heavy atom. The number of rotatable bonds is 6. The monoisotopic (exact) mass is 428 g/mol. The number of halogens is 2. The van der Waals surface area contributed by atoms with Gasteiger partial charge in [0.1, 0.15) is 18.7 Å². The summed E-state index contributed by atoms with van der Waals surface area (Å²) >= 11 is 0. The van der Waals surface area contributed by atoms with E-state index in [2.05, 4.69) is 20.7 Å². The smallest absolute Gasteiger partial charge is 0.249 e. The predicted octanol–water partition coefficient (Wildman–Crippen LogP) is 2.63. The molecule has 8 nitrogen and oxygen atoms in total. The average molecular weight is 429 g/mol. The molecule has 0 spiro atoms. The van der Waals surface area contributed by atoms with Crippen molar-refractivity contribution in [2.24, 2.45) is 17.6 Å². The van der Waals surface area contributed by atoms with Gasteiger partial charge in [-0.25, -0.2) is 9.67 Å². The Labute approximate surface area is 176 Å². The molecule has 1 aliphatic carbocycles. The lowest BCUT2D eigenvalue weighted by Crippen LogP contribution is -2.29. The maximum atomic E-state index is 12.4. The van der Waals surface area contributed by atoms with Crippen molar-refractivity contribution >= 4 is 48.0 Å². The summed E-state index contributed by atoms with van der Waals surface area (Å²) in [6.07, 6.45) is 5.85. The first-order chi connectivity index (χ1) is 12.6. The number of nitrogens with zero attached hydrogens (tertiary/aromatic N) is 3. The molecule has 0 bridgehead atoms. The molecule has 2 amide bonds. The lowest BCUT2D eigenvalue weighted by molar-refractivity contribution is -0.121. The van der Waals surface area contributed by atoms with E-state index in [-0.39, 0.29) is 48.5 Å². The summed E-state index contributed by atoms with van der Waals surface area (Å²) in [7, 11) is 0. The summed E-state index contributed by atoms with van der Waals surface area (Å²) < 4.78 is 1.49. The second-order valence-corrected chi connectivity index (χ2v) is 6.64. The normalized spacial score (nSPS) is 19.1. The van der Waals surface area contributed by atoms with Crippen LogP contribution < -0.4 is 16.4 Å². The number of aromatic nitrogens is 3. The second-order valence-electron chi connectivity index (χ2n) is 6.64.